The number of amides is 1. The maximum absolute atomic E-state index is 14.1. The average molecular weight is 457 g/mol. The summed E-state index contributed by atoms with van der Waals surface area (Å²) in [5, 5.41) is 12.7. The Hall–Kier alpha value is -3.53. The zero-order valence-corrected chi connectivity index (χ0v) is 17.3. The minimum atomic E-state index is -4.38. The summed E-state index contributed by atoms with van der Waals surface area (Å²) in [6.45, 7) is 0. The number of fused-ring (bicyclic) bond motifs is 2. The fourth-order valence-electron chi connectivity index (χ4n) is 4.31. The highest BCUT2D eigenvalue weighted by molar-refractivity contribution is 7.92. The lowest BCUT2D eigenvalue weighted by Crippen LogP contribution is -2.40. The third kappa shape index (κ3) is 3.10. The monoisotopic (exact) mass is 457 g/mol. The summed E-state index contributed by atoms with van der Waals surface area (Å²) in [6.07, 6.45) is 3.48. The molecule has 5 rings (SSSR count). The quantitative estimate of drug-likeness (QED) is 0.551. The molecule has 32 heavy (non-hydrogen) atoms. The first-order valence-electron chi connectivity index (χ1n) is 9.83. The first kappa shape index (κ1) is 20.4. The fourth-order valence-corrected chi connectivity index (χ4v) is 5.41. The Labute approximate surface area is 182 Å². The van der Waals surface area contributed by atoms with Crippen LogP contribution in [0.15, 0.2) is 53.6 Å². The van der Waals surface area contributed by atoms with Crippen LogP contribution in [0.3, 0.4) is 0 Å². The van der Waals surface area contributed by atoms with Gasteiger partial charge in [0.05, 0.1) is 11.1 Å². The predicted molar refractivity (Wildman–Crippen MR) is 113 cm³/mol. The van der Waals surface area contributed by atoms with Gasteiger partial charge in [0.15, 0.2) is 0 Å². The highest BCUT2D eigenvalue weighted by Crippen LogP contribution is 2.54. The van der Waals surface area contributed by atoms with Crippen LogP contribution in [-0.2, 0) is 20.2 Å². The number of carbonyl (C=O) groups is 1. The summed E-state index contributed by atoms with van der Waals surface area (Å²) in [7, 11) is -4.38. The number of rotatable bonds is 4. The molecule has 1 amide bonds. The molecule has 0 saturated heterocycles. The van der Waals surface area contributed by atoms with Gasteiger partial charge in [-0.15, -0.1) is 0 Å². The van der Waals surface area contributed by atoms with Crippen molar-refractivity contribution in [2.45, 2.75) is 29.6 Å². The van der Waals surface area contributed by atoms with Crippen molar-refractivity contribution in [1.29, 1.82) is 0 Å². The van der Waals surface area contributed by atoms with Gasteiger partial charge in [0.1, 0.15) is 16.5 Å². The number of sulfonamides is 1. The molecule has 164 valence electrons. The molecule has 2 heterocycles. The highest BCUT2D eigenvalue weighted by atomic mass is 32.2. The molecule has 0 atom stereocenters. The molecule has 3 aromatic rings. The van der Waals surface area contributed by atoms with Crippen LogP contribution >= 0.6 is 0 Å². The van der Waals surface area contributed by atoms with Crippen LogP contribution in [0.1, 0.15) is 24.8 Å². The fraction of sp³-hybridized carbons (Fsp3) is 0.182. The predicted octanol–water partition coefficient (Wildman–Crippen LogP) is 3.91. The number of hydrogen-bond acceptors (Lipinski definition) is 5. The van der Waals surface area contributed by atoms with Gasteiger partial charge in [0.25, 0.3) is 10.0 Å². The zero-order valence-electron chi connectivity index (χ0n) is 16.5. The van der Waals surface area contributed by atoms with Crippen LogP contribution in [0.25, 0.3) is 11.1 Å². The van der Waals surface area contributed by atoms with Crippen molar-refractivity contribution in [2.24, 2.45) is 0 Å². The third-order valence-electron chi connectivity index (χ3n) is 6.03. The average Bonchev–Trinajstić information content (AvgIpc) is 2.98. The largest absolute Gasteiger partial charge is 0.493 e. The lowest BCUT2D eigenvalue weighted by atomic mass is 9.65. The molecular weight excluding hydrogens is 440 g/mol. The van der Waals surface area contributed by atoms with Crippen LogP contribution in [0.2, 0.25) is 0 Å². The van der Waals surface area contributed by atoms with E-state index in [4.69, 9.17) is 0 Å². The Morgan fingerprint density at radius 2 is 1.88 bits per heavy atom. The Kier molecular flexibility index (Phi) is 4.45. The Balaban J connectivity index is 1.65. The van der Waals surface area contributed by atoms with Gasteiger partial charge in [-0.1, -0.05) is 6.42 Å². The van der Waals surface area contributed by atoms with Crippen LogP contribution in [-0.4, -0.2) is 24.4 Å². The molecule has 1 saturated carbocycles. The van der Waals surface area contributed by atoms with Crippen molar-refractivity contribution in [1.82, 2.24) is 4.98 Å². The van der Waals surface area contributed by atoms with E-state index in [-0.39, 0.29) is 17.5 Å². The normalized spacial score (nSPS) is 16.4. The summed E-state index contributed by atoms with van der Waals surface area (Å²) in [4.78, 5) is 15.8. The number of halogens is 2. The number of anilines is 2. The van der Waals surface area contributed by atoms with E-state index in [9.17, 15) is 27.1 Å². The summed E-state index contributed by atoms with van der Waals surface area (Å²) in [6, 6.07) is 8.27. The van der Waals surface area contributed by atoms with Crippen molar-refractivity contribution < 1.29 is 27.1 Å². The molecule has 7 nitrogen and oxygen atoms in total. The van der Waals surface area contributed by atoms with Gasteiger partial charge >= 0.3 is 0 Å². The van der Waals surface area contributed by atoms with E-state index in [0.29, 0.717) is 41.3 Å². The van der Waals surface area contributed by atoms with Crippen LogP contribution in [0.5, 0.6) is 5.88 Å². The molecular formula is C22H17F2N3O4S. The molecule has 0 radical (unpaired) electrons. The van der Waals surface area contributed by atoms with Gasteiger partial charge in [-0.25, -0.2) is 22.2 Å². The summed E-state index contributed by atoms with van der Waals surface area (Å²) in [5.41, 5.74) is 1.54. The van der Waals surface area contributed by atoms with Crippen molar-refractivity contribution in [3.8, 4) is 17.0 Å². The number of pyridine rings is 1. The van der Waals surface area contributed by atoms with E-state index in [2.05, 4.69) is 15.0 Å². The molecule has 1 fully saturated rings. The molecule has 1 aliphatic heterocycles. The third-order valence-corrected chi connectivity index (χ3v) is 7.44. The van der Waals surface area contributed by atoms with Gasteiger partial charge in [0, 0.05) is 29.6 Å². The first-order chi connectivity index (χ1) is 15.2. The van der Waals surface area contributed by atoms with Crippen molar-refractivity contribution in [3.05, 3.63) is 65.9 Å². The second-order valence-corrected chi connectivity index (χ2v) is 9.57. The standard InChI is InChI=1S/C22H17F2N3O4S/c23-13-2-3-18(17(24)9-13)32(30,31)27-14-10-15(12-4-7-25-19(28)8-12)20-16(11-14)22(5-1-6-22)21(29)26-20/h2-4,7-11,27H,1,5-6H2,(H,25,28)(H,26,29). The number of benzene rings is 2. The van der Waals surface area contributed by atoms with E-state index in [1.807, 2.05) is 0 Å². The van der Waals surface area contributed by atoms with Crippen LogP contribution in [0, 0.1) is 11.6 Å². The van der Waals surface area contributed by atoms with E-state index < -0.39 is 32.0 Å². The smallest absolute Gasteiger partial charge is 0.264 e. The number of carbonyl (C=O) groups excluding carboxylic acids is 1. The Bertz CT molecular complexity index is 1390. The lowest BCUT2D eigenvalue weighted by Gasteiger charge is -2.36. The first-order valence-corrected chi connectivity index (χ1v) is 11.3. The van der Waals surface area contributed by atoms with Crippen molar-refractivity contribution >= 4 is 27.3 Å². The minimum absolute atomic E-state index is 0.113. The van der Waals surface area contributed by atoms with Gasteiger partial charge < -0.3 is 10.4 Å². The number of nitrogens with zero attached hydrogens (tertiary/aromatic N) is 1. The van der Waals surface area contributed by atoms with Crippen molar-refractivity contribution in [3.63, 3.8) is 0 Å². The number of nitrogens with one attached hydrogen (secondary N) is 2. The van der Waals surface area contributed by atoms with E-state index in [1.165, 1.54) is 18.3 Å². The molecule has 1 aliphatic carbocycles. The minimum Gasteiger partial charge on any atom is -0.493 e. The maximum Gasteiger partial charge on any atom is 0.264 e. The lowest BCUT2D eigenvalue weighted by molar-refractivity contribution is -0.123. The zero-order chi connectivity index (χ0) is 22.7. The molecule has 1 aromatic heterocycles. The van der Waals surface area contributed by atoms with E-state index in [0.717, 1.165) is 18.6 Å². The van der Waals surface area contributed by atoms with Gasteiger partial charge in [0.2, 0.25) is 11.8 Å². The molecule has 2 aromatic carbocycles. The number of hydrogen-bond donors (Lipinski definition) is 3. The summed E-state index contributed by atoms with van der Waals surface area (Å²) < 4.78 is 55.4. The molecule has 3 N–H and O–H groups in total. The van der Waals surface area contributed by atoms with Gasteiger partial charge in [-0.2, -0.15) is 0 Å². The van der Waals surface area contributed by atoms with Crippen LogP contribution < -0.4 is 10.0 Å². The molecule has 2 aliphatic rings. The van der Waals surface area contributed by atoms with Crippen LogP contribution in [0.4, 0.5) is 20.2 Å². The number of aromatic nitrogens is 1. The molecule has 1 spiro atoms. The topological polar surface area (TPSA) is 108 Å². The second-order valence-electron chi connectivity index (χ2n) is 7.92. The summed E-state index contributed by atoms with van der Waals surface area (Å²) in [5.74, 6) is -2.51. The highest BCUT2D eigenvalue weighted by Gasteiger charge is 2.52. The Morgan fingerprint density at radius 3 is 2.53 bits per heavy atom. The SMILES string of the molecule is O=C1Nc2c(-c3ccnc(O)c3)cc(NS(=O)(=O)c3ccc(F)cc3F)cc2C12CCC2. The number of aromatic hydroxyl groups is 1. The van der Waals surface area contributed by atoms with Gasteiger partial charge in [-0.3, -0.25) is 9.52 Å². The molecule has 0 unspecified atom stereocenters. The molecule has 0 bridgehead atoms. The Morgan fingerprint density at radius 1 is 1.09 bits per heavy atom. The van der Waals surface area contributed by atoms with E-state index in [1.54, 1.807) is 12.1 Å². The maximum atomic E-state index is 14.1. The van der Waals surface area contributed by atoms with Crippen molar-refractivity contribution in [2.75, 3.05) is 10.0 Å². The molecule has 10 heteroatoms. The summed E-state index contributed by atoms with van der Waals surface area (Å²) >= 11 is 0. The van der Waals surface area contributed by atoms with E-state index >= 15 is 0 Å². The second kappa shape index (κ2) is 6.99. The van der Waals surface area contributed by atoms with Gasteiger partial charge in [-0.05, 0) is 54.3 Å².